The van der Waals surface area contributed by atoms with Gasteiger partial charge in [0.15, 0.2) is 0 Å². The van der Waals surface area contributed by atoms with Crippen molar-refractivity contribution in [3.63, 3.8) is 0 Å². The number of carbonyl (C=O) groups excluding carboxylic acids is 1. The van der Waals surface area contributed by atoms with E-state index in [-0.39, 0.29) is 11.8 Å². The maximum absolute atomic E-state index is 12.0. The first-order chi connectivity index (χ1) is 8.54. The minimum Gasteiger partial charge on any atom is -0.344 e. The van der Waals surface area contributed by atoms with Gasteiger partial charge in [-0.05, 0) is 44.7 Å². The number of hydrogen-bond acceptors (Lipinski definition) is 3. The first kappa shape index (κ1) is 15.0. The second-order valence-electron chi connectivity index (χ2n) is 5.59. The minimum atomic E-state index is -0.0920. The van der Waals surface area contributed by atoms with Crippen molar-refractivity contribution in [1.29, 1.82) is 5.26 Å². The number of carbonyl (C=O) groups is 1. The van der Waals surface area contributed by atoms with Crippen molar-refractivity contribution in [2.24, 2.45) is 17.8 Å². The van der Waals surface area contributed by atoms with Gasteiger partial charge in [0.2, 0.25) is 5.91 Å². The summed E-state index contributed by atoms with van der Waals surface area (Å²) in [6.07, 6.45) is 3.03. The predicted molar refractivity (Wildman–Crippen MR) is 71.8 cm³/mol. The van der Waals surface area contributed by atoms with Gasteiger partial charge in [0.05, 0.1) is 12.0 Å². The maximum Gasteiger partial charge on any atom is 0.222 e. The van der Waals surface area contributed by atoms with E-state index in [1.807, 2.05) is 6.92 Å². The van der Waals surface area contributed by atoms with Crippen molar-refractivity contribution >= 4 is 5.91 Å². The molecule has 0 bridgehead atoms. The highest BCUT2D eigenvalue weighted by Gasteiger charge is 2.23. The number of amides is 1. The summed E-state index contributed by atoms with van der Waals surface area (Å²) in [7, 11) is 1.79. The van der Waals surface area contributed by atoms with Gasteiger partial charge in [0, 0.05) is 20.0 Å². The molecule has 4 heteroatoms. The summed E-state index contributed by atoms with van der Waals surface area (Å²) in [4.78, 5) is 13.7. The van der Waals surface area contributed by atoms with E-state index >= 15 is 0 Å². The van der Waals surface area contributed by atoms with Crippen LogP contribution in [0.5, 0.6) is 0 Å². The van der Waals surface area contributed by atoms with E-state index < -0.39 is 0 Å². The average Bonchev–Trinajstić information content (AvgIpc) is 2.39. The van der Waals surface area contributed by atoms with Gasteiger partial charge in [-0.25, -0.2) is 0 Å². The highest BCUT2D eigenvalue weighted by Crippen LogP contribution is 2.23. The Hall–Kier alpha value is -1.08. The molecular formula is C14H25N3O. The van der Waals surface area contributed by atoms with Crippen molar-refractivity contribution in [3.05, 3.63) is 0 Å². The summed E-state index contributed by atoms with van der Waals surface area (Å²) in [6, 6.07) is 2.16. The lowest BCUT2D eigenvalue weighted by molar-refractivity contribution is -0.131. The molecule has 1 aliphatic rings. The normalized spacial score (nSPS) is 22.9. The van der Waals surface area contributed by atoms with Gasteiger partial charge in [-0.1, -0.05) is 6.92 Å². The van der Waals surface area contributed by atoms with E-state index in [1.165, 1.54) is 12.8 Å². The molecule has 1 saturated heterocycles. The number of nitrogens with zero attached hydrogens (tertiary/aromatic N) is 2. The third-order valence-corrected chi connectivity index (χ3v) is 3.83. The van der Waals surface area contributed by atoms with Gasteiger partial charge < -0.3 is 10.2 Å². The summed E-state index contributed by atoms with van der Waals surface area (Å²) in [5.74, 6) is 1.11. The molecule has 1 N–H and O–H groups in total. The molecule has 0 aliphatic carbocycles. The van der Waals surface area contributed by atoms with Crippen molar-refractivity contribution < 1.29 is 4.79 Å². The minimum absolute atomic E-state index is 0.0920. The lowest BCUT2D eigenvalue weighted by Gasteiger charge is -2.29. The third kappa shape index (κ3) is 4.66. The van der Waals surface area contributed by atoms with E-state index in [4.69, 9.17) is 5.26 Å². The lowest BCUT2D eigenvalue weighted by Crippen LogP contribution is -2.37. The summed E-state index contributed by atoms with van der Waals surface area (Å²) < 4.78 is 0. The molecule has 3 unspecified atom stereocenters. The first-order valence-corrected chi connectivity index (χ1v) is 6.89. The smallest absolute Gasteiger partial charge is 0.222 e. The van der Waals surface area contributed by atoms with Gasteiger partial charge in [0.1, 0.15) is 0 Å². The third-order valence-electron chi connectivity index (χ3n) is 3.83. The van der Waals surface area contributed by atoms with E-state index in [2.05, 4.69) is 18.3 Å². The fourth-order valence-electron chi connectivity index (χ4n) is 2.52. The molecule has 0 aromatic rings. The Morgan fingerprint density at radius 1 is 1.56 bits per heavy atom. The summed E-state index contributed by atoms with van der Waals surface area (Å²) in [6.45, 7) is 6.68. The Kier molecular flexibility index (Phi) is 6.14. The molecule has 18 heavy (non-hydrogen) atoms. The van der Waals surface area contributed by atoms with Crippen LogP contribution >= 0.6 is 0 Å². The van der Waals surface area contributed by atoms with E-state index in [0.29, 0.717) is 24.8 Å². The Morgan fingerprint density at radius 2 is 2.28 bits per heavy atom. The largest absolute Gasteiger partial charge is 0.344 e. The summed E-state index contributed by atoms with van der Waals surface area (Å²) >= 11 is 0. The SMILES string of the molecule is CC(C#N)CN(C)C(=O)CC(C)C1CCCNC1. The van der Waals surface area contributed by atoms with Gasteiger partial charge >= 0.3 is 0 Å². The van der Waals surface area contributed by atoms with Crippen molar-refractivity contribution in [2.75, 3.05) is 26.7 Å². The topological polar surface area (TPSA) is 56.1 Å². The fourth-order valence-corrected chi connectivity index (χ4v) is 2.52. The fraction of sp³-hybridized carbons (Fsp3) is 0.857. The zero-order valence-corrected chi connectivity index (χ0v) is 11.8. The van der Waals surface area contributed by atoms with Crippen LogP contribution in [0.1, 0.15) is 33.1 Å². The zero-order valence-electron chi connectivity index (χ0n) is 11.8. The van der Waals surface area contributed by atoms with Crippen LogP contribution < -0.4 is 5.32 Å². The van der Waals surface area contributed by atoms with Crippen LogP contribution in [0.4, 0.5) is 0 Å². The van der Waals surface area contributed by atoms with Crippen molar-refractivity contribution in [3.8, 4) is 6.07 Å². The van der Waals surface area contributed by atoms with E-state index in [9.17, 15) is 4.79 Å². The molecule has 4 nitrogen and oxygen atoms in total. The van der Waals surface area contributed by atoms with Crippen molar-refractivity contribution in [2.45, 2.75) is 33.1 Å². The number of rotatable bonds is 5. The molecule has 1 heterocycles. The predicted octanol–water partition coefficient (Wildman–Crippen LogP) is 1.63. The number of nitrogens with one attached hydrogen (secondary N) is 1. The first-order valence-electron chi connectivity index (χ1n) is 6.89. The molecule has 1 aliphatic heterocycles. The Bertz CT molecular complexity index is 305. The van der Waals surface area contributed by atoms with Crippen LogP contribution in [0, 0.1) is 29.1 Å². The maximum atomic E-state index is 12.0. The standard InChI is InChI=1S/C14H25N3O/c1-11(8-15)10-17(3)14(18)7-12(2)13-5-4-6-16-9-13/h11-13,16H,4-7,9-10H2,1-3H3. The van der Waals surface area contributed by atoms with Crippen molar-refractivity contribution in [1.82, 2.24) is 10.2 Å². The molecule has 3 atom stereocenters. The quantitative estimate of drug-likeness (QED) is 0.808. The van der Waals surface area contributed by atoms with Gasteiger partial charge in [-0.2, -0.15) is 5.26 Å². The molecule has 102 valence electrons. The van der Waals surface area contributed by atoms with Crippen LogP contribution in [0.3, 0.4) is 0 Å². The lowest BCUT2D eigenvalue weighted by atomic mass is 9.85. The van der Waals surface area contributed by atoms with Gasteiger partial charge in [-0.3, -0.25) is 4.79 Å². The molecular weight excluding hydrogens is 226 g/mol. The van der Waals surface area contributed by atoms with E-state index in [0.717, 1.165) is 13.1 Å². The molecule has 1 amide bonds. The molecule has 0 spiro atoms. The zero-order chi connectivity index (χ0) is 13.5. The van der Waals surface area contributed by atoms with E-state index in [1.54, 1.807) is 11.9 Å². The average molecular weight is 251 g/mol. The number of nitriles is 1. The van der Waals surface area contributed by atoms with Crippen LogP contribution in [0.2, 0.25) is 0 Å². The molecule has 0 radical (unpaired) electrons. The second kappa shape index (κ2) is 7.38. The highest BCUT2D eigenvalue weighted by atomic mass is 16.2. The molecule has 1 rings (SSSR count). The highest BCUT2D eigenvalue weighted by molar-refractivity contribution is 5.76. The Labute approximate surface area is 110 Å². The Balaban J connectivity index is 2.36. The van der Waals surface area contributed by atoms with Crippen LogP contribution in [0.15, 0.2) is 0 Å². The molecule has 0 saturated carbocycles. The number of piperidine rings is 1. The molecule has 0 aromatic carbocycles. The van der Waals surface area contributed by atoms with Gasteiger partial charge in [0.25, 0.3) is 0 Å². The van der Waals surface area contributed by atoms with Crippen LogP contribution in [-0.2, 0) is 4.79 Å². The monoisotopic (exact) mass is 251 g/mol. The summed E-state index contributed by atoms with van der Waals surface area (Å²) in [5, 5.41) is 12.1. The summed E-state index contributed by atoms with van der Waals surface area (Å²) in [5.41, 5.74) is 0. The van der Waals surface area contributed by atoms with Crippen LogP contribution in [-0.4, -0.2) is 37.5 Å². The molecule has 1 fully saturated rings. The molecule has 0 aromatic heterocycles. The van der Waals surface area contributed by atoms with Crippen LogP contribution in [0.25, 0.3) is 0 Å². The van der Waals surface area contributed by atoms with Gasteiger partial charge in [-0.15, -0.1) is 0 Å². The number of hydrogen-bond donors (Lipinski definition) is 1. The second-order valence-corrected chi connectivity index (χ2v) is 5.59. The Morgan fingerprint density at radius 3 is 2.83 bits per heavy atom.